The van der Waals surface area contributed by atoms with Crippen LogP contribution in [0.25, 0.3) is 11.1 Å². The molecule has 2 aliphatic heterocycles. The second kappa shape index (κ2) is 7.47. The Kier molecular flexibility index (Phi) is 5.02. The Morgan fingerprint density at radius 2 is 1.75 bits per heavy atom. The fourth-order valence-electron chi connectivity index (χ4n) is 4.22. The lowest BCUT2D eigenvalue weighted by Gasteiger charge is -2.39. The predicted molar refractivity (Wildman–Crippen MR) is 108 cm³/mol. The van der Waals surface area contributed by atoms with Gasteiger partial charge < -0.3 is 19.9 Å². The minimum Gasteiger partial charge on any atom is -0.493 e. The molecule has 2 N–H and O–H groups in total. The molecule has 1 amide bonds. The van der Waals surface area contributed by atoms with Gasteiger partial charge in [0.2, 0.25) is 0 Å². The van der Waals surface area contributed by atoms with Crippen LogP contribution in [0.3, 0.4) is 0 Å². The van der Waals surface area contributed by atoms with Crippen LogP contribution in [0, 0.1) is 5.41 Å². The number of ether oxygens (including phenoxy) is 2. The number of nitrogens with one attached hydrogen (secondary N) is 1. The molecule has 0 aromatic heterocycles. The van der Waals surface area contributed by atoms with Crippen LogP contribution in [-0.4, -0.2) is 31.0 Å². The van der Waals surface area contributed by atoms with Gasteiger partial charge in [0, 0.05) is 24.2 Å². The normalized spacial score (nSPS) is 21.4. The highest BCUT2D eigenvalue weighted by Crippen LogP contribution is 2.44. The monoisotopic (exact) mass is 381 g/mol. The molecule has 5 heteroatoms. The molecule has 1 atom stereocenters. The van der Waals surface area contributed by atoms with Gasteiger partial charge in [-0.05, 0) is 41.5 Å². The van der Waals surface area contributed by atoms with E-state index in [1.807, 2.05) is 32.0 Å². The smallest absolute Gasteiger partial charge is 0.405 e. The van der Waals surface area contributed by atoms with Crippen molar-refractivity contribution < 1.29 is 19.4 Å². The molecule has 0 radical (unpaired) electrons. The van der Waals surface area contributed by atoms with Gasteiger partial charge in [-0.3, -0.25) is 0 Å². The zero-order valence-electron chi connectivity index (χ0n) is 16.4. The second-order valence-corrected chi connectivity index (χ2v) is 8.42. The first-order chi connectivity index (χ1) is 13.4. The van der Waals surface area contributed by atoms with Gasteiger partial charge in [-0.25, -0.2) is 4.79 Å². The van der Waals surface area contributed by atoms with Crippen molar-refractivity contribution in [2.24, 2.45) is 5.41 Å². The zero-order chi connectivity index (χ0) is 19.7. The molecule has 0 spiro atoms. The highest BCUT2D eigenvalue weighted by atomic mass is 16.5. The summed E-state index contributed by atoms with van der Waals surface area (Å²) in [5.74, 6) is 1.34. The van der Waals surface area contributed by atoms with E-state index in [1.54, 1.807) is 0 Å². The molecule has 0 bridgehead atoms. The molecule has 4 rings (SSSR count). The number of hydrogen-bond acceptors (Lipinski definition) is 3. The van der Waals surface area contributed by atoms with Gasteiger partial charge in [0.1, 0.15) is 5.75 Å². The third-order valence-corrected chi connectivity index (χ3v) is 5.91. The quantitative estimate of drug-likeness (QED) is 0.787. The van der Waals surface area contributed by atoms with Crippen LogP contribution in [0.2, 0.25) is 0 Å². The third-order valence-electron chi connectivity index (χ3n) is 5.91. The number of amides is 1. The summed E-state index contributed by atoms with van der Waals surface area (Å²) in [7, 11) is 0. The standard InChI is InChI=1S/C23H27NO4/c1-23(2)14-28-20-13-18(7-8-19(20)21(23)24-22(25)26)16-5-3-15(4-6-16)17-9-11-27-12-10-17/h3-8,13,17,21,24H,9-12,14H2,1-2H3,(H,25,26). The number of benzene rings is 2. The lowest BCUT2D eigenvalue weighted by Crippen LogP contribution is -2.43. The maximum Gasteiger partial charge on any atom is 0.405 e. The molecule has 2 aliphatic rings. The van der Waals surface area contributed by atoms with Crippen molar-refractivity contribution >= 4 is 6.09 Å². The number of rotatable bonds is 3. The molecule has 28 heavy (non-hydrogen) atoms. The van der Waals surface area contributed by atoms with E-state index in [0.29, 0.717) is 12.5 Å². The maximum atomic E-state index is 11.3. The maximum absolute atomic E-state index is 11.3. The predicted octanol–water partition coefficient (Wildman–Crippen LogP) is 4.97. The first kappa shape index (κ1) is 18.8. The molecule has 2 heterocycles. The summed E-state index contributed by atoms with van der Waals surface area (Å²) in [4.78, 5) is 11.3. The van der Waals surface area contributed by atoms with Gasteiger partial charge in [0.15, 0.2) is 0 Å². The van der Waals surface area contributed by atoms with Crippen LogP contribution in [0.5, 0.6) is 5.75 Å². The fourth-order valence-corrected chi connectivity index (χ4v) is 4.22. The topological polar surface area (TPSA) is 67.8 Å². The molecular weight excluding hydrogens is 354 g/mol. The summed E-state index contributed by atoms with van der Waals surface area (Å²) in [6.45, 7) is 6.18. The molecule has 1 fully saturated rings. The van der Waals surface area contributed by atoms with Gasteiger partial charge in [0.25, 0.3) is 0 Å². The van der Waals surface area contributed by atoms with Crippen molar-refractivity contribution in [2.45, 2.75) is 38.6 Å². The Bertz CT molecular complexity index is 853. The summed E-state index contributed by atoms with van der Waals surface area (Å²) in [5, 5.41) is 11.9. The summed E-state index contributed by atoms with van der Waals surface area (Å²) < 4.78 is 11.4. The minimum absolute atomic E-state index is 0.293. The van der Waals surface area contributed by atoms with Crippen LogP contribution < -0.4 is 10.1 Å². The Hall–Kier alpha value is -2.53. The van der Waals surface area contributed by atoms with Crippen molar-refractivity contribution in [1.82, 2.24) is 5.32 Å². The average molecular weight is 381 g/mol. The summed E-state index contributed by atoms with van der Waals surface area (Å²) >= 11 is 0. The lowest BCUT2D eigenvalue weighted by molar-refractivity contribution is 0.0853. The van der Waals surface area contributed by atoms with Gasteiger partial charge >= 0.3 is 6.09 Å². The van der Waals surface area contributed by atoms with Gasteiger partial charge in [-0.1, -0.05) is 50.2 Å². The SMILES string of the molecule is CC1(C)COc2cc(-c3ccc(C4CCOCC4)cc3)ccc2C1NC(=O)O. The lowest BCUT2D eigenvalue weighted by atomic mass is 9.78. The van der Waals surface area contributed by atoms with Crippen LogP contribution in [0.4, 0.5) is 4.79 Å². The Morgan fingerprint density at radius 1 is 1.07 bits per heavy atom. The summed E-state index contributed by atoms with van der Waals surface area (Å²) in [5.41, 5.74) is 4.16. The summed E-state index contributed by atoms with van der Waals surface area (Å²) in [6.07, 6.45) is 1.15. The second-order valence-electron chi connectivity index (χ2n) is 8.42. The zero-order valence-corrected chi connectivity index (χ0v) is 16.4. The van der Waals surface area contributed by atoms with Gasteiger partial charge in [-0.15, -0.1) is 0 Å². The van der Waals surface area contributed by atoms with E-state index in [2.05, 4.69) is 29.6 Å². The highest BCUT2D eigenvalue weighted by molar-refractivity contribution is 5.69. The van der Waals surface area contributed by atoms with Gasteiger partial charge in [-0.2, -0.15) is 0 Å². The van der Waals surface area contributed by atoms with E-state index < -0.39 is 6.09 Å². The number of fused-ring (bicyclic) bond motifs is 1. The van der Waals surface area contributed by atoms with E-state index in [0.717, 1.165) is 48.5 Å². The highest BCUT2D eigenvalue weighted by Gasteiger charge is 2.38. The van der Waals surface area contributed by atoms with Crippen molar-refractivity contribution in [3.05, 3.63) is 53.6 Å². The first-order valence-electron chi connectivity index (χ1n) is 9.88. The van der Waals surface area contributed by atoms with Crippen LogP contribution in [0.1, 0.15) is 49.8 Å². The average Bonchev–Trinajstić information content (AvgIpc) is 2.70. The number of carbonyl (C=O) groups is 1. The van der Waals surface area contributed by atoms with Crippen molar-refractivity contribution in [1.29, 1.82) is 0 Å². The van der Waals surface area contributed by atoms with E-state index in [9.17, 15) is 9.90 Å². The number of hydrogen-bond donors (Lipinski definition) is 2. The molecule has 148 valence electrons. The molecule has 1 saturated heterocycles. The number of carboxylic acid groups (broad SMARTS) is 1. The fraction of sp³-hybridized carbons (Fsp3) is 0.435. The van der Waals surface area contributed by atoms with Crippen LogP contribution in [-0.2, 0) is 4.74 Å². The van der Waals surface area contributed by atoms with Crippen LogP contribution in [0.15, 0.2) is 42.5 Å². The van der Waals surface area contributed by atoms with Crippen molar-refractivity contribution in [3.8, 4) is 16.9 Å². The van der Waals surface area contributed by atoms with Crippen LogP contribution >= 0.6 is 0 Å². The minimum atomic E-state index is -1.02. The van der Waals surface area contributed by atoms with Gasteiger partial charge in [0.05, 0.1) is 12.6 Å². The molecule has 0 aliphatic carbocycles. The van der Waals surface area contributed by atoms with Crippen molar-refractivity contribution in [3.63, 3.8) is 0 Å². The molecule has 2 aromatic rings. The third kappa shape index (κ3) is 3.72. The Morgan fingerprint density at radius 3 is 2.43 bits per heavy atom. The Balaban J connectivity index is 1.59. The molecule has 2 aromatic carbocycles. The van der Waals surface area contributed by atoms with E-state index in [4.69, 9.17) is 9.47 Å². The molecule has 1 unspecified atom stereocenters. The van der Waals surface area contributed by atoms with E-state index in [-0.39, 0.29) is 11.5 Å². The van der Waals surface area contributed by atoms with E-state index >= 15 is 0 Å². The molecular formula is C23H27NO4. The molecule has 5 nitrogen and oxygen atoms in total. The summed E-state index contributed by atoms with van der Waals surface area (Å²) in [6, 6.07) is 14.5. The van der Waals surface area contributed by atoms with E-state index in [1.165, 1.54) is 5.56 Å². The Labute approximate surface area is 165 Å². The first-order valence-corrected chi connectivity index (χ1v) is 9.88. The largest absolute Gasteiger partial charge is 0.493 e. The molecule has 0 saturated carbocycles. The van der Waals surface area contributed by atoms with Crippen molar-refractivity contribution in [2.75, 3.05) is 19.8 Å².